The summed E-state index contributed by atoms with van der Waals surface area (Å²) in [5.74, 6) is -1.09. The van der Waals surface area contributed by atoms with Crippen molar-refractivity contribution in [2.75, 3.05) is 13.2 Å². The minimum Gasteiger partial charge on any atom is -0.459 e. The lowest BCUT2D eigenvalue weighted by atomic mass is 10.2. The Balaban J connectivity index is 1.73. The van der Waals surface area contributed by atoms with Crippen LogP contribution in [0.3, 0.4) is 0 Å². The molecule has 2 atom stereocenters. The summed E-state index contributed by atoms with van der Waals surface area (Å²) < 4.78 is 16.0. The Morgan fingerprint density at radius 1 is 0.774 bits per heavy atom. The number of ether oxygens (including phenoxy) is 3. The first-order chi connectivity index (χ1) is 14.9. The number of hydrogen-bond acceptors (Lipinski definition) is 9. The molecule has 0 radical (unpaired) electrons. The number of esters is 2. The van der Waals surface area contributed by atoms with Crippen LogP contribution in [-0.2, 0) is 23.8 Å². The topological polar surface area (TPSA) is 121 Å². The Morgan fingerprint density at radius 3 is 1.74 bits per heavy atom. The van der Waals surface area contributed by atoms with E-state index in [4.69, 9.17) is 14.2 Å². The molecule has 0 N–H and O–H groups in total. The van der Waals surface area contributed by atoms with E-state index in [2.05, 4.69) is 9.98 Å². The second-order valence-corrected chi connectivity index (χ2v) is 6.46. The molecular weight excluding hydrogens is 404 g/mol. The van der Waals surface area contributed by atoms with E-state index >= 15 is 0 Å². The van der Waals surface area contributed by atoms with Crippen LogP contribution in [0.15, 0.2) is 58.5 Å². The summed E-state index contributed by atoms with van der Waals surface area (Å²) >= 11 is 0. The molecule has 160 valence electrons. The molecule has 31 heavy (non-hydrogen) atoms. The van der Waals surface area contributed by atoms with Crippen molar-refractivity contribution in [1.82, 2.24) is 0 Å². The molecule has 0 saturated heterocycles. The number of benzene rings is 2. The van der Waals surface area contributed by atoms with Gasteiger partial charge in [-0.3, -0.25) is 0 Å². The van der Waals surface area contributed by atoms with Crippen molar-refractivity contribution in [2.24, 2.45) is 9.98 Å². The lowest BCUT2D eigenvalue weighted by molar-refractivity contribution is -0.0379. The van der Waals surface area contributed by atoms with Gasteiger partial charge in [0, 0.05) is 0 Å². The van der Waals surface area contributed by atoms with Gasteiger partial charge in [-0.2, -0.15) is 9.98 Å². The van der Waals surface area contributed by atoms with Gasteiger partial charge in [0.05, 0.1) is 35.2 Å². The molecule has 0 aliphatic rings. The molecule has 2 aromatic carbocycles. The largest absolute Gasteiger partial charge is 0.459 e. The molecule has 2 aromatic rings. The first-order valence-electron chi connectivity index (χ1n) is 9.28. The molecule has 0 heterocycles. The normalized spacial score (nSPS) is 11.9. The van der Waals surface area contributed by atoms with Crippen LogP contribution in [0.2, 0.25) is 0 Å². The molecule has 0 bridgehead atoms. The van der Waals surface area contributed by atoms with Gasteiger partial charge in [-0.05, 0) is 62.4 Å². The van der Waals surface area contributed by atoms with Gasteiger partial charge < -0.3 is 14.2 Å². The quantitative estimate of drug-likeness (QED) is 0.325. The highest BCUT2D eigenvalue weighted by Crippen LogP contribution is 2.14. The van der Waals surface area contributed by atoms with Crippen LogP contribution in [0.4, 0.5) is 11.4 Å². The number of carbonyl (C=O) groups is 2. The van der Waals surface area contributed by atoms with Gasteiger partial charge in [-0.15, -0.1) is 0 Å². The van der Waals surface area contributed by atoms with E-state index in [1.54, 1.807) is 13.8 Å². The minimum absolute atomic E-state index is 0.00640. The molecular formula is C22H20N2O7. The van der Waals surface area contributed by atoms with E-state index in [1.165, 1.54) is 60.7 Å². The second-order valence-electron chi connectivity index (χ2n) is 6.46. The molecule has 0 spiro atoms. The summed E-state index contributed by atoms with van der Waals surface area (Å²) in [4.78, 5) is 51.5. The first kappa shape index (κ1) is 23.4. The van der Waals surface area contributed by atoms with Crippen LogP contribution in [0.25, 0.3) is 0 Å². The van der Waals surface area contributed by atoms with Crippen molar-refractivity contribution < 1.29 is 33.4 Å². The molecule has 0 fully saturated rings. The molecule has 2 unspecified atom stereocenters. The van der Waals surface area contributed by atoms with E-state index in [9.17, 15) is 19.2 Å². The number of aliphatic imine (C=N–C) groups is 2. The molecule has 9 heteroatoms. The number of isocyanates is 2. The highest BCUT2D eigenvalue weighted by Gasteiger charge is 2.15. The van der Waals surface area contributed by atoms with E-state index in [1.807, 2.05) is 0 Å². The van der Waals surface area contributed by atoms with Crippen molar-refractivity contribution in [1.29, 1.82) is 0 Å². The van der Waals surface area contributed by atoms with E-state index < -0.39 is 24.1 Å². The van der Waals surface area contributed by atoms with Crippen molar-refractivity contribution in [2.45, 2.75) is 26.1 Å². The van der Waals surface area contributed by atoms with Gasteiger partial charge in [0.15, 0.2) is 0 Å². The summed E-state index contributed by atoms with van der Waals surface area (Å²) in [5.41, 5.74) is 1.39. The highest BCUT2D eigenvalue weighted by atomic mass is 16.6. The lowest BCUT2D eigenvalue weighted by Crippen LogP contribution is -2.26. The molecule has 0 saturated carbocycles. The monoisotopic (exact) mass is 424 g/mol. The van der Waals surface area contributed by atoms with Gasteiger partial charge >= 0.3 is 11.9 Å². The van der Waals surface area contributed by atoms with Crippen molar-refractivity contribution in [3.8, 4) is 0 Å². The third-order valence-corrected chi connectivity index (χ3v) is 3.93. The maximum Gasteiger partial charge on any atom is 0.338 e. The summed E-state index contributed by atoms with van der Waals surface area (Å²) in [6.07, 6.45) is 1.87. The van der Waals surface area contributed by atoms with Crippen LogP contribution in [0.1, 0.15) is 34.6 Å². The average Bonchev–Trinajstić information content (AvgIpc) is 2.77. The Bertz CT molecular complexity index is 990. The fraction of sp³-hybridized carbons (Fsp3) is 0.273. The van der Waals surface area contributed by atoms with Crippen molar-refractivity contribution in [3.63, 3.8) is 0 Å². The van der Waals surface area contributed by atoms with Gasteiger partial charge in [-0.25, -0.2) is 19.2 Å². The minimum atomic E-state index is -0.543. The molecule has 2 rings (SSSR count). The maximum absolute atomic E-state index is 12.1. The summed E-state index contributed by atoms with van der Waals surface area (Å²) in [6.45, 7) is 3.50. The van der Waals surface area contributed by atoms with Crippen LogP contribution in [0.5, 0.6) is 0 Å². The molecule has 0 aliphatic carbocycles. The smallest absolute Gasteiger partial charge is 0.338 e. The Kier molecular flexibility index (Phi) is 9.01. The van der Waals surface area contributed by atoms with Gasteiger partial charge in [0.2, 0.25) is 12.2 Å². The van der Waals surface area contributed by atoms with Crippen molar-refractivity contribution >= 4 is 35.5 Å². The summed E-state index contributed by atoms with van der Waals surface area (Å²) in [5, 5.41) is 0. The average molecular weight is 424 g/mol. The zero-order valence-electron chi connectivity index (χ0n) is 16.9. The Morgan fingerprint density at radius 2 is 1.26 bits per heavy atom. The lowest BCUT2D eigenvalue weighted by Gasteiger charge is -2.18. The SMILES string of the molecule is CC(COC(=O)c1ccc(N=C=O)cc1)OCC(C)OC(=O)c1ccc(N=C=O)cc1. The van der Waals surface area contributed by atoms with Gasteiger partial charge in [0.1, 0.15) is 12.7 Å². The first-order valence-corrected chi connectivity index (χ1v) is 9.28. The second kappa shape index (κ2) is 11.9. The van der Waals surface area contributed by atoms with Crippen LogP contribution in [0, 0.1) is 0 Å². The summed E-state index contributed by atoms with van der Waals surface area (Å²) in [7, 11) is 0. The van der Waals surface area contributed by atoms with Crippen molar-refractivity contribution in [3.05, 3.63) is 59.7 Å². The third kappa shape index (κ3) is 7.79. The molecule has 0 aromatic heterocycles. The Hall–Kier alpha value is -3.90. The van der Waals surface area contributed by atoms with E-state index in [0.29, 0.717) is 22.5 Å². The fourth-order valence-corrected chi connectivity index (χ4v) is 2.36. The number of hydrogen-bond donors (Lipinski definition) is 0. The zero-order valence-corrected chi connectivity index (χ0v) is 16.9. The zero-order chi connectivity index (χ0) is 22.6. The van der Waals surface area contributed by atoms with Crippen LogP contribution >= 0.6 is 0 Å². The van der Waals surface area contributed by atoms with E-state index in [-0.39, 0.29) is 13.2 Å². The number of nitrogens with zero attached hydrogens (tertiary/aromatic N) is 2. The standard InChI is InChI=1S/C22H20N2O7/c1-15(11-30-21(27)17-3-7-19(8-4-17)23-13-25)29-12-16(2)31-22(28)18-5-9-20(10-6-18)24-14-26/h3-10,15-16H,11-12H2,1-2H3. The summed E-state index contributed by atoms with van der Waals surface area (Å²) in [6, 6.07) is 12.0. The maximum atomic E-state index is 12.1. The van der Waals surface area contributed by atoms with E-state index in [0.717, 1.165) is 0 Å². The predicted molar refractivity (Wildman–Crippen MR) is 109 cm³/mol. The number of rotatable bonds is 10. The molecule has 0 aliphatic heterocycles. The fourth-order valence-electron chi connectivity index (χ4n) is 2.36. The predicted octanol–water partition coefficient (Wildman–Crippen LogP) is 3.43. The van der Waals surface area contributed by atoms with Crippen LogP contribution < -0.4 is 0 Å². The number of carbonyl (C=O) groups excluding carboxylic acids is 4. The van der Waals surface area contributed by atoms with Crippen LogP contribution in [-0.4, -0.2) is 49.5 Å². The molecule has 0 amide bonds. The third-order valence-electron chi connectivity index (χ3n) is 3.93. The van der Waals surface area contributed by atoms with Gasteiger partial charge in [0.25, 0.3) is 0 Å². The van der Waals surface area contributed by atoms with Gasteiger partial charge in [-0.1, -0.05) is 0 Å². The Labute approximate surface area is 178 Å². The highest BCUT2D eigenvalue weighted by molar-refractivity contribution is 5.90. The molecule has 9 nitrogen and oxygen atoms in total.